The predicted molar refractivity (Wildman–Crippen MR) is 77.5 cm³/mol. The standard InChI is InChI=1S/C14H19BrClN/c15-13-9-11(7-8-14(13)16)10-17-12-5-3-1-2-4-6-12/h7-9,12,17H,1-6,10H2. The molecule has 0 atom stereocenters. The Kier molecular flexibility index (Phi) is 5.33. The number of nitrogens with one attached hydrogen (secondary N) is 1. The Bertz CT molecular complexity index is 359. The largest absolute Gasteiger partial charge is 0.310 e. The summed E-state index contributed by atoms with van der Waals surface area (Å²) in [5.74, 6) is 0. The molecule has 0 aliphatic heterocycles. The molecule has 0 saturated heterocycles. The van der Waals surface area contributed by atoms with Crippen LogP contribution in [0.3, 0.4) is 0 Å². The summed E-state index contributed by atoms with van der Waals surface area (Å²) >= 11 is 9.45. The van der Waals surface area contributed by atoms with Gasteiger partial charge in [-0.2, -0.15) is 0 Å². The van der Waals surface area contributed by atoms with Gasteiger partial charge in [-0.05, 0) is 46.5 Å². The fraction of sp³-hybridized carbons (Fsp3) is 0.571. The molecule has 1 aromatic rings. The second-order valence-electron chi connectivity index (χ2n) is 4.82. The van der Waals surface area contributed by atoms with Crippen molar-refractivity contribution in [3.8, 4) is 0 Å². The minimum Gasteiger partial charge on any atom is -0.310 e. The zero-order valence-electron chi connectivity index (χ0n) is 10.0. The van der Waals surface area contributed by atoms with Crippen LogP contribution < -0.4 is 5.32 Å². The summed E-state index contributed by atoms with van der Waals surface area (Å²) in [6, 6.07) is 6.85. The van der Waals surface area contributed by atoms with Crippen molar-refractivity contribution in [2.45, 2.75) is 51.1 Å². The smallest absolute Gasteiger partial charge is 0.0548 e. The van der Waals surface area contributed by atoms with Gasteiger partial charge >= 0.3 is 0 Å². The van der Waals surface area contributed by atoms with Crippen molar-refractivity contribution < 1.29 is 0 Å². The van der Waals surface area contributed by atoms with E-state index in [1.54, 1.807) is 0 Å². The van der Waals surface area contributed by atoms with Crippen LogP contribution in [-0.2, 0) is 6.54 Å². The molecule has 0 radical (unpaired) electrons. The van der Waals surface area contributed by atoms with Crippen molar-refractivity contribution in [1.82, 2.24) is 5.32 Å². The molecule has 1 fully saturated rings. The summed E-state index contributed by atoms with van der Waals surface area (Å²) in [6.07, 6.45) is 8.23. The van der Waals surface area contributed by atoms with E-state index in [9.17, 15) is 0 Å². The monoisotopic (exact) mass is 315 g/mol. The number of benzene rings is 1. The zero-order chi connectivity index (χ0) is 12.1. The molecule has 0 amide bonds. The van der Waals surface area contributed by atoms with Gasteiger partial charge in [-0.3, -0.25) is 0 Å². The molecular formula is C14H19BrClN. The van der Waals surface area contributed by atoms with E-state index in [1.807, 2.05) is 6.07 Å². The molecule has 1 aliphatic rings. The molecule has 1 aromatic carbocycles. The lowest BCUT2D eigenvalue weighted by atomic mass is 10.1. The van der Waals surface area contributed by atoms with Crippen LogP contribution in [-0.4, -0.2) is 6.04 Å². The van der Waals surface area contributed by atoms with Crippen molar-refractivity contribution in [2.75, 3.05) is 0 Å². The maximum Gasteiger partial charge on any atom is 0.0548 e. The Balaban J connectivity index is 1.85. The molecule has 0 heterocycles. The second kappa shape index (κ2) is 6.77. The van der Waals surface area contributed by atoms with Crippen molar-refractivity contribution in [3.63, 3.8) is 0 Å². The van der Waals surface area contributed by atoms with Crippen LogP contribution in [0.4, 0.5) is 0 Å². The van der Waals surface area contributed by atoms with E-state index >= 15 is 0 Å². The van der Waals surface area contributed by atoms with Crippen molar-refractivity contribution >= 4 is 27.5 Å². The Labute approximate surface area is 117 Å². The summed E-state index contributed by atoms with van der Waals surface area (Å²) in [6.45, 7) is 0.945. The fourth-order valence-corrected chi connectivity index (χ4v) is 2.94. The molecule has 0 unspecified atom stereocenters. The predicted octanol–water partition coefficient (Wildman–Crippen LogP) is 4.91. The van der Waals surface area contributed by atoms with Gasteiger partial charge in [-0.1, -0.05) is 43.4 Å². The Morgan fingerprint density at radius 2 is 1.88 bits per heavy atom. The highest BCUT2D eigenvalue weighted by Crippen LogP contribution is 2.23. The minimum atomic E-state index is 0.701. The van der Waals surface area contributed by atoms with Gasteiger partial charge < -0.3 is 5.32 Å². The fourth-order valence-electron chi connectivity index (χ4n) is 2.40. The molecule has 17 heavy (non-hydrogen) atoms. The number of halogens is 2. The molecule has 0 spiro atoms. The van der Waals surface area contributed by atoms with Gasteiger partial charge in [0.1, 0.15) is 0 Å². The first-order valence-corrected chi connectivity index (χ1v) is 7.60. The van der Waals surface area contributed by atoms with Crippen LogP contribution >= 0.6 is 27.5 Å². The lowest BCUT2D eigenvalue weighted by Crippen LogP contribution is -2.27. The van der Waals surface area contributed by atoms with E-state index in [0.29, 0.717) is 6.04 Å². The number of hydrogen-bond acceptors (Lipinski definition) is 1. The molecule has 0 aromatic heterocycles. The summed E-state index contributed by atoms with van der Waals surface area (Å²) in [5, 5.41) is 4.44. The van der Waals surface area contributed by atoms with E-state index in [2.05, 4.69) is 33.4 Å². The zero-order valence-corrected chi connectivity index (χ0v) is 12.4. The van der Waals surface area contributed by atoms with Gasteiger partial charge in [0.15, 0.2) is 0 Å². The first-order valence-electron chi connectivity index (χ1n) is 6.43. The van der Waals surface area contributed by atoms with Gasteiger partial charge in [-0.15, -0.1) is 0 Å². The van der Waals surface area contributed by atoms with Gasteiger partial charge in [-0.25, -0.2) is 0 Å². The van der Waals surface area contributed by atoms with Gasteiger partial charge in [0, 0.05) is 17.1 Å². The van der Waals surface area contributed by atoms with Crippen LogP contribution in [0.5, 0.6) is 0 Å². The topological polar surface area (TPSA) is 12.0 Å². The average Bonchev–Trinajstić information content (AvgIpc) is 2.59. The first-order chi connectivity index (χ1) is 8.25. The third-order valence-electron chi connectivity index (χ3n) is 3.43. The third kappa shape index (κ3) is 4.27. The second-order valence-corrected chi connectivity index (χ2v) is 6.08. The summed E-state index contributed by atoms with van der Waals surface area (Å²) in [7, 11) is 0. The molecule has 1 saturated carbocycles. The van der Waals surface area contributed by atoms with Crippen LogP contribution in [0.1, 0.15) is 44.1 Å². The molecule has 1 N–H and O–H groups in total. The van der Waals surface area contributed by atoms with Gasteiger partial charge in [0.05, 0.1) is 5.02 Å². The van der Waals surface area contributed by atoms with E-state index in [-0.39, 0.29) is 0 Å². The average molecular weight is 317 g/mol. The minimum absolute atomic E-state index is 0.701. The first kappa shape index (κ1) is 13.4. The third-order valence-corrected chi connectivity index (χ3v) is 4.65. The lowest BCUT2D eigenvalue weighted by molar-refractivity contribution is 0.459. The number of hydrogen-bond donors (Lipinski definition) is 1. The SMILES string of the molecule is Clc1ccc(CNC2CCCCCC2)cc1Br. The molecule has 3 heteroatoms. The summed E-state index contributed by atoms with van der Waals surface area (Å²) < 4.78 is 0.985. The highest BCUT2D eigenvalue weighted by molar-refractivity contribution is 9.10. The van der Waals surface area contributed by atoms with E-state index < -0.39 is 0 Å². The maximum atomic E-state index is 5.98. The van der Waals surface area contributed by atoms with Crippen molar-refractivity contribution in [2.24, 2.45) is 0 Å². The highest BCUT2D eigenvalue weighted by atomic mass is 79.9. The van der Waals surface area contributed by atoms with Gasteiger partial charge in [0.2, 0.25) is 0 Å². The normalized spacial score (nSPS) is 18.0. The molecule has 1 nitrogen and oxygen atoms in total. The quantitative estimate of drug-likeness (QED) is 0.781. The van der Waals surface area contributed by atoms with E-state index in [0.717, 1.165) is 16.0 Å². The number of rotatable bonds is 3. The summed E-state index contributed by atoms with van der Waals surface area (Å²) in [5.41, 5.74) is 1.30. The highest BCUT2D eigenvalue weighted by Gasteiger charge is 2.11. The van der Waals surface area contributed by atoms with Crippen molar-refractivity contribution in [1.29, 1.82) is 0 Å². The Hall–Kier alpha value is -0.0500. The molecule has 94 valence electrons. The van der Waals surface area contributed by atoms with Gasteiger partial charge in [0.25, 0.3) is 0 Å². The summed E-state index contributed by atoms with van der Waals surface area (Å²) in [4.78, 5) is 0. The molecule has 2 rings (SSSR count). The van der Waals surface area contributed by atoms with Crippen LogP contribution in [0.2, 0.25) is 5.02 Å². The molecule has 1 aliphatic carbocycles. The van der Waals surface area contributed by atoms with Crippen LogP contribution in [0.25, 0.3) is 0 Å². The van der Waals surface area contributed by atoms with Crippen LogP contribution in [0.15, 0.2) is 22.7 Å². The molecular weight excluding hydrogens is 298 g/mol. The Morgan fingerprint density at radius 1 is 1.18 bits per heavy atom. The Morgan fingerprint density at radius 3 is 2.53 bits per heavy atom. The van der Waals surface area contributed by atoms with Crippen molar-refractivity contribution in [3.05, 3.63) is 33.3 Å². The lowest BCUT2D eigenvalue weighted by Gasteiger charge is -2.16. The van der Waals surface area contributed by atoms with E-state index in [1.165, 1.54) is 44.1 Å². The molecule has 0 bridgehead atoms. The maximum absolute atomic E-state index is 5.98. The van der Waals surface area contributed by atoms with Crippen LogP contribution in [0, 0.1) is 0 Å². The van der Waals surface area contributed by atoms with E-state index in [4.69, 9.17) is 11.6 Å².